The maximum atomic E-state index is 5.84. The van der Waals surface area contributed by atoms with Gasteiger partial charge in [0.25, 0.3) is 0 Å². The zero-order valence-electron chi connectivity index (χ0n) is 6.74. The first-order chi connectivity index (χ1) is 6.16. The van der Waals surface area contributed by atoms with Crippen LogP contribution in [0.5, 0.6) is 0 Å². The van der Waals surface area contributed by atoms with E-state index >= 15 is 0 Å². The summed E-state index contributed by atoms with van der Waals surface area (Å²) in [6, 6.07) is 1.92. The highest BCUT2D eigenvalue weighted by molar-refractivity contribution is 6.33. The Morgan fingerprint density at radius 1 is 1.38 bits per heavy atom. The number of nitrogens with zero attached hydrogens (tertiary/aromatic N) is 3. The third-order valence-corrected chi connectivity index (χ3v) is 2.40. The van der Waals surface area contributed by atoms with Crippen LogP contribution in [-0.4, -0.2) is 29.3 Å². The lowest BCUT2D eigenvalue weighted by Crippen LogP contribution is -2.56. The van der Waals surface area contributed by atoms with Crippen molar-refractivity contribution in [2.45, 2.75) is 6.04 Å². The van der Waals surface area contributed by atoms with Gasteiger partial charge in [0.05, 0.1) is 5.69 Å². The van der Waals surface area contributed by atoms with Crippen molar-refractivity contribution in [3.63, 3.8) is 0 Å². The molecule has 4 nitrogen and oxygen atoms in total. The quantitative estimate of drug-likeness (QED) is 0.763. The summed E-state index contributed by atoms with van der Waals surface area (Å²) in [5.41, 5.74) is 6.45. The monoisotopic (exact) mass is 218 g/mol. The fraction of sp³-hybridized carbons (Fsp3) is 0.429. The van der Waals surface area contributed by atoms with Gasteiger partial charge >= 0.3 is 0 Å². The van der Waals surface area contributed by atoms with Crippen LogP contribution in [0.25, 0.3) is 0 Å². The number of halogens is 2. The fourth-order valence-electron chi connectivity index (χ4n) is 1.28. The first-order valence-corrected chi connectivity index (χ1v) is 4.61. The molecule has 1 fully saturated rings. The van der Waals surface area contributed by atoms with E-state index in [-0.39, 0.29) is 6.04 Å². The van der Waals surface area contributed by atoms with E-state index in [4.69, 9.17) is 28.9 Å². The van der Waals surface area contributed by atoms with Gasteiger partial charge in [0, 0.05) is 25.2 Å². The molecule has 13 heavy (non-hydrogen) atoms. The third-order valence-electron chi connectivity index (χ3n) is 1.95. The van der Waals surface area contributed by atoms with Gasteiger partial charge in [0.1, 0.15) is 0 Å². The molecular formula is C7H8Cl2N4. The molecule has 1 aromatic rings. The molecule has 2 heterocycles. The molecule has 6 heteroatoms. The van der Waals surface area contributed by atoms with Gasteiger partial charge < -0.3 is 10.6 Å². The van der Waals surface area contributed by atoms with Crippen LogP contribution in [0.3, 0.4) is 0 Å². The van der Waals surface area contributed by atoms with Gasteiger partial charge in [0.15, 0.2) is 10.3 Å². The Bertz CT molecular complexity index is 324. The van der Waals surface area contributed by atoms with Crippen molar-refractivity contribution in [2.75, 3.05) is 18.0 Å². The zero-order chi connectivity index (χ0) is 9.42. The van der Waals surface area contributed by atoms with Gasteiger partial charge in [-0.3, -0.25) is 0 Å². The molecule has 0 radical (unpaired) electrons. The Morgan fingerprint density at radius 2 is 2.08 bits per heavy atom. The lowest BCUT2D eigenvalue weighted by atomic mass is 10.1. The molecule has 0 bridgehead atoms. The Labute approximate surface area is 85.6 Å². The molecule has 70 valence electrons. The first kappa shape index (κ1) is 8.99. The van der Waals surface area contributed by atoms with Crippen LogP contribution >= 0.6 is 23.2 Å². The van der Waals surface area contributed by atoms with E-state index in [0.717, 1.165) is 18.8 Å². The molecule has 0 aliphatic carbocycles. The SMILES string of the molecule is NC1CN(c2cc(Cl)nnc2Cl)C1. The van der Waals surface area contributed by atoms with Crippen LogP contribution in [0.4, 0.5) is 5.69 Å². The molecule has 2 rings (SSSR count). The van der Waals surface area contributed by atoms with Crippen LogP contribution in [0.1, 0.15) is 0 Å². The van der Waals surface area contributed by atoms with Crippen LogP contribution in [0.15, 0.2) is 6.07 Å². The fourth-order valence-corrected chi connectivity index (χ4v) is 1.63. The standard InChI is InChI=1S/C7H8Cl2N4/c8-6-1-5(7(9)12-11-6)13-2-4(10)3-13/h1,4H,2-3,10H2. The number of hydrogen-bond donors (Lipinski definition) is 1. The van der Waals surface area contributed by atoms with Crippen molar-refractivity contribution in [1.29, 1.82) is 0 Å². The van der Waals surface area contributed by atoms with Gasteiger partial charge in [0.2, 0.25) is 0 Å². The van der Waals surface area contributed by atoms with Crippen molar-refractivity contribution in [2.24, 2.45) is 5.73 Å². The highest BCUT2D eigenvalue weighted by Gasteiger charge is 2.25. The molecule has 0 saturated carbocycles. The highest BCUT2D eigenvalue weighted by atomic mass is 35.5. The molecule has 0 amide bonds. The minimum Gasteiger partial charge on any atom is -0.366 e. The van der Waals surface area contributed by atoms with Crippen LogP contribution < -0.4 is 10.6 Å². The molecule has 1 aliphatic heterocycles. The summed E-state index contributed by atoms with van der Waals surface area (Å²) in [7, 11) is 0. The van der Waals surface area contributed by atoms with Gasteiger partial charge in [-0.2, -0.15) is 0 Å². The second-order valence-corrected chi connectivity index (χ2v) is 3.75. The Morgan fingerprint density at radius 3 is 2.69 bits per heavy atom. The molecule has 1 saturated heterocycles. The summed E-state index contributed by atoms with van der Waals surface area (Å²) >= 11 is 11.5. The van der Waals surface area contributed by atoms with Crippen LogP contribution in [-0.2, 0) is 0 Å². The topological polar surface area (TPSA) is 55.0 Å². The van der Waals surface area contributed by atoms with Gasteiger partial charge in [-0.1, -0.05) is 23.2 Å². The average Bonchev–Trinajstić information content (AvgIpc) is 2.04. The Kier molecular flexibility index (Phi) is 2.27. The van der Waals surface area contributed by atoms with E-state index in [1.165, 1.54) is 0 Å². The van der Waals surface area contributed by atoms with Crippen molar-refractivity contribution in [3.8, 4) is 0 Å². The number of rotatable bonds is 1. The summed E-state index contributed by atoms with van der Waals surface area (Å²) < 4.78 is 0. The first-order valence-electron chi connectivity index (χ1n) is 3.86. The van der Waals surface area contributed by atoms with Crippen molar-refractivity contribution in [1.82, 2.24) is 10.2 Å². The average molecular weight is 219 g/mol. The second-order valence-electron chi connectivity index (χ2n) is 3.01. The van der Waals surface area contributed by atoms with E-state index in [2.05, 4.69) is 10.2 Å². The van der Waals surface area contributed by atoms with E-state index in [1.54, 1.807) is 6.07 Å². The van der Waals surface area contributed by atoms with E-state index in [0.29, 0.717) is 10.3 Å². The largest absolute Gasteiger partial charge is 0.366 e. The van der Waals surface area contributed by atoms with E-state index < -0.39 is 0 Å². The normalized spacial score (nSPS) is 17.3. The Balaban J connectivity index is 2.24. The molecule has 0 atom stereocenters. The number of anilines is 1. The van der Waals surface area contributed by atoms with Gasteiger partial charge in [-0.25, -0.2) is 0 Å². The summed E-state index contributed by atoms with van der Waals surface area (Å²) in [6.45, 7) is 1.59. The smallest absolute Gasteiger partial charge is 0.175 e. The van der Waals surface area contributed by atoms with Crippen LogP contribution in [0, 0.1) is 0 Å². The molecule has 0 unspecified atom stereocenters. The molecule has 1 aliphatic rings. The number of nitrogens with two attached hydrogens (primary N) is 1. The summed E-state index contributed by atoms with van der Waals surface area (Å²) in [5, 5.41) is 8.05. The molecule has 0 aromatic carbocycles. The Hall–Kier alpha value is -0.580. The van der Waals surface area contributed by atoms with Crippen LogP contribution in [0.2, 0.25) is 10.3 Å². The summed E-state index contributed by atoms with van der Waals surface area (Å²) in [5.74, 6) is 0. The summed E-state index contributed by atoms with van der Waals surface area (Å²) in [4.78, 5) is 2.02. The lowest BCUT2D eigenvalue weighted by Gasteiger charge is -2.38. The number of hydrogen-bond acceptors (Lipinski definition) is 4. The third kappa shape index (κ3) is 1.70. The molecule has 0 spiro atoms. The molecule has 1 aromatic heterocycles. The van der Waals surface area contributed by atoms with E-state index in [9.17, 15) is 0 Å². The minimum absolute atomic E-state index is 0.225. The van der Waals surface area contributed by atoms with E-state index in [1.807, 2.05) is 4.90 Å². The highest BCUT2D eigenvalue weighted by Crippen LogP contribution is 2.28. The lowest BCUT2D eigenvalue weighted by molar-refractivity contribution is 0.518. The minimum atomic E-state index is 0.225. The van der Waals surface area contributed by atoms with Crippen molar-refractivity contribution in [3.05, 3.63) is 16.4 Å². The maximum absolute atomic E-state index is 5.84. The molecule has 2 N–H and O–H groups in total. The maximum Gasteiger partial charge on any atom is 0.175 e. The zero-order valence-corrected chi connectivity index (χ0v) is 8.26. The predicted molar refractivity (Wildman–Crippen MR) is 52.2 cm³/mol. The van der Waals surface area contributed by atoms with Crippen molar-refractivity contribution < 1.29 is 0 Å². The van der Waals surface area contributed by atoms with Gasteiger partial charge in [-0.15, -0.1) is 10.2 Å². The number of aromatic nitrogens is 2. The second kappa shape index (κ2) is 3.29. The summed E-state index contributed by atoms with van der Waals surface area (Å²) in [6.07, 6.45) is 0. The predicted octanol–water partition coefficient (Wildman–Crippen LogP) is 0.931. The van der Waals surface area contributed by atoms with Crippen molar-refractivity contribution >= 4 is 28.9 Å². The van der Waals surface area contributed by atoms with Gasteiger partial charge in [-0.05, 0) is 0 Å². The molecular weight excluding hydrogens is 211 g/mol.